The van der Waals surface area contributed by atoms with E-state index in [9.17, 15) is 29.1 Å². The minimum Gasteiger partial charge on any atom is -0.480 e. The summed E-state index contributed by atoms with van der Waals surface area (Å²) in [6.07, 6.45) is 4.03. The number of hydrogen-bond acceptors (Lipinski definition) is 9. The summed E-state index contributed by atoms with van der Waals surface area (Å²) in [5.41, 5.74) is 0.785. The van der Waals surface area contributed by atoms with E-state index in [0.717, 1.165) is 49.1 Å². The maximum atomic E-state index is 14.5. The topological polar surface area (TPSA) is 146 Å². The molecule has 6 atom stereocenters. The van der Waals surface area contributed by atoms with Crippen LogP contribution in [0.2, 0.25) is 0 Å². The number of rotatable bonds is 19. The molecular weight excluding hydrogens is 657 g/mol. The van der Waals surface area contributed by atoms with Gasteiger partial charge in [-0.05, 0) is 50.3 Å². The van der Waals surface area contributed by atoms with Crippen LogP contribution in [0, 0.1) is 17.8 Å². The highest BCUT2D eigenvalue weighted by atomic mass is 32.1. The number of aromatic nitrogens is 1. The number of aliphatic carboxylic acids is 1. The Kier molecular flexibility index (Phi) is 16.0. The second-order valence-corrected chi connectivity index (χ2v) is 14.8. The van der Waals surface area contributed by atoms with Crippen LogP contribution in [0.25, 0.3) is 0 Å². The van der Waals surface area contributed by atoms with Crippen molar-refractivity contribution >= 4 is 40.9 Å². The van der Waals surface area contributed by atoms with Crippen molar-refractivity contribution in [1.29, 1.82) is 0 Å². The Morgan fingerprint density at radius 2 is 1.80 bits per heavy atom. The number of ether oxygens (including phenoxy) is 1. The molecule has 2 N–H and O–H groups in total. The SMILES string of the molecule is CCCN(C(=O)[C@@H](CC(=O)C1CCCCN1C)C(C)CC)[C@H](C[C@@H](OC(C)=O)c1nc(C(=O)N[C@@H](Cc2ccccc2)C(=O)O)cs1)C(C)C. The first-order valence-corrected chi connectivity index (χ1v) is 18.9. The fourth-order valence-electron chi connectivity index (χ4n) is 6.74. The number of likely N-dealkylation sites (N-methyl/N-ethyl adjacent to an activating group) is 1. The molecule has 3 rings (SSSR count). The zero-order valence-electron chi connectivity index (χ0n) is 30.7. The van der Waals surface area contributed by atoms with Gasteiger partial charge in [-0.1, -0.05) is 77.8 Å². The number of carboxylic acids is 1. The highest BCUT2D eigenvalue weighted by Crippen LogP contribution is 2.33. The number of thiazole rings is 1. The number of hydrogen-bond donors (Lipinski definition) is 2. The molecule has 0 aliphatic carbocycles. The second kappa shape index (κ2) is 19.7. The number of Topliss-reactive ketones (excluding diaryl/α,β-unsaturated/α-hetero) is 1. The minimum atomic E-state index is -1.17. The van der Waals surface area contributed by atoms with E-state index < -0.39 is 35.9 Å². The summed E-state index contributed by atoms with van der Waals surface area (Å²) in [6.45, 7) is 12.8. The van der Waals surface area contributed by atoms with Crippen LogP contribution in [-0.4, -0.2) is 87.7 Å². The molecule has 1 fully saturated rings. The lowest BCUT2D eigenvalue weighted by Gasteiger charge is -2.39. The molecule has 0 spiro atoms. The molecule has 1 aromatic carbocycles. The van der Waals surface area contributed by atoms with E-state index in [1.165, 1.54) is 12.3 Å². The zero-order chi connectivity index (χ0) is 37.0. The summed E-state index contributed by atoms with van der Waals surface area (Å²) >= 11 is 1.14. The van der Waals surface area contributed by atoms with Crippen molar-refractivity contribution in [2.75, 3.05) is 20.1 Å². The molecule has 1 saturated heterocycles. The quantitative estimate of drug-likeness (QED) is 0.169. The van der Waals surface area contributed by atoms with Crippen molar-refractivity contribution in [3.63, 3.8) is 0 Å². The lowest BCUT2D eigenvalue weighted by atomic mass is 9.82. The number of carbonyl (C=O) groups is 5. The Bertz CT molecular complexity index is 1430. The van der Waals surface area contributed by atoms with Crippen LogP contribution in [0.4, 0.5) is 0 Å². The van der Waals surface area contributed by atoms with Crippen molar-refractivity contribution in [2.24, 2.45) is 17.8 Å². The summed E-state index contributed by atoms with van der Waals surface area (Å²) in [5, 5.41) is 14.3. The Labute approximate surface area is 301 Å². The van der Waals surface area contributed by atoms with E-state index >= 15 is 0 Å². The standard InChI is InChI=1S/C38H56N4O7S/c1-8-18-42(37(46)28(25(5)9-2)21-33(44)31-17-13-14-19-41(31)7)32(24(3)4)22-34(49-26(6)43)36-40-30(23-50-36)35(45)39-29(38(47)48)20-27-15-11-10-12-16-27/h10-12,15-16,23-25,28-29,31-32,34H,8-9,13-14,17-22H2,1-7H3,(H,39,45)(H,47,48)/t25?,28-,29-,31?,32+,34+/m0/s1. The van der Waals surface area contributed by atoms with E-state index in [0.29, 0.717) is 18.0 Å². The van der Waals surface area contributed by atoms with Gasteiger partial charge in [-0.25, -0.2) is 9.78 Å². The molecule has 12 heteroatoms. The number of esters is 1. The highest BCUT2D eigenvalue weighted by Gasteiger charge is 2.38. The average Bonchev–Trinajstić information content (AvgIpc) is 3.58. The predicted octanol–water partition coefficient (Wildman–Crippen LogP) is 5.93. The first kappa shape index (κ1) is 40.8. The molecule has 1 aliphatic rings. The normalized spacial score (nSPS) is 18.0. The van der Waals surface area contributed by atoms with E-state index in [4.69, 9.17) is 4.74 Å². The molecule has 276 valence electrons. The number of carboxylic acid groups (broad SMARTS) is 1. The van der Waals surface area contributed by atoms with Crippen LogP contribution >= 0.6 is 11.3 Å². The van der Waals surface area contributed by atoms with Gasteiger partial charge in [0.05, 0.1) is 6.04 Å². The minimum absolute atomic E-state index is 0.00617. The van der Waals surface area contributed by atoms with Gasteiger partial charge >= 0.3 is 11.9 Å². The smallest absolute Gasteiger partial charge is 0.326 e. The van der Waals surface area contributed by atoms with Gasteiger partial charge in [0.1, 0.15) is 16.7 Å². The Hall–Kier alpha value is -3.64. The fraction of sp³-hybridized carbons (Fsp3) is 0.632. The van der Waals surface area contributed by atoms with Crippen LogP contribution in [-0.2, 0) is 30.3 Å². The summed E-state index contributed by atoms with van der Waals surface area (Å²) in [4.78, 5) is 74.2. The van der Waals surface area contributed by atoms with Crippen molar-refractivity contribution in [2.45, 2.75) is 117 Å². The summed E-state index contributed by atoms with van der Waals surface area (Å²) in [7, 11) is 1.98. The highest BCUT2D eigenvalue weighted by molar-refractivity contribution is 7.09. The first-order valence-electron chi connectivity index (χ1n) is 18.0. The number of amides is 2. The van der Waals surface area contributed by atoms with E-state index in [1.807, 2.05) is 52.6 Å². The van der Waals surface area contributed by atoms with Gasteiger partial charge < -0.3 is 20.1 Å². The van der Waals surface area contributed by atoms with E-state index in [1.54, 1.807) is 24.3 Å². The van der Waals surface area contributed by atoms with Gasteiger partial charge in [-0.3, -0.25) is 24.1 Å². The third-order valence-electron chi connectivity index (χ3n) is 9.81. The molecule has 11 nitrogen and oxygen atoms in total. The average molecular weight is 713 g/mol. The molecule has 1 aliphatic heterocycles. The van der Waals surface area contributed by atoms with Crippen molar-refractivity contribution < 1.29 is 33.8 Å². The molecular formula is C38H56N4O7S. The summed E-state index contributed by atoms with van der Waals surface area (Å²) < 4.78 is 5.79. The molecule has 1 aromatic heterocycles. The number of likely N-dealkylation sites (tertiary alicyclic amines) is 1. The van der Waals surface area contributed by atoms with Crippen molar-refractivity contribution in [3.05, 3.63) is 52.0 Å². The van der Waals surface area contributed by atoms with Crippen LogP contribution in [0.15, 0.2) is 35.7 Å². The van der Waals surface area contributed by atoms with Crippen LogP contribution < -0.4 is 5.32 Å². The first-order chi connectivity index (χ1) is 23.8. The molecule has 0 bridgehead atoms. The van der Waals surface area contributed by atoms with Gasteiger partial charge in [0, 0.05) is 50.1 Å². The zero-order valence-corrected chi connectivity index (χ0v) is 31.5. The molecule has 2 amide bonds. The maximum Gasteiger partial charge on any atom is 0.326 e. The Balaban J connectivity index is 1.86. The van der Waals surface area contributed by atoms with Crippen molar-refractivity contribution in [1.82, 2.24) is 20.1 Å². The fourth-order valence-corrected chi connectivity index (χ4v) is 7.58. The third-order valence-corrected chi connectivity index (χ3v) is 10.7. The molecule has 0 radical (unpaired) electrons. The number of nitrogens with one attached hydrogen (secondary N) is 1. The summed E-state index contributed by atoms with van der Waals surface area (Å²) in [5.74, 6) is -2.80. The molecule has 0 saturated carbocycles. The van der Waals surface area contributed by atoms with Gasteiger partial charge in [0.25, 0.3) is 5.91 Å². The van der Waals surface area contributed by atoms with E-state index in [-0.39, 0.29) is 60.6 Å². The second-order valence-electron chi connectivity index (χ2n) is 14.0. The molecule has 50 heavy (non-hydrogen) atoms. The number of carbonyl (C=O) groups excluding carboxylic acids is 4. The van der Waals surface area contributed by atoms with Gasteiger partial charge in [0.2, 0.25) is 5.91 Å². The van der Waals surface area contributed by atoms with Crippen LogP contribution in [0.3, 0.4) is 0 Å². The van der Waals surface area contributed by atoms with Crippen LogP contribution in [0.5, 0.6) is 0 Å². The van der Waals surface area contributed by atoms with Crippen molar-refractivity contribution in [3.8, 4) is 0 Å². The Morgan fingerprint density at radius 1 is 1.10 bits per heavy atom. The maximum absolute atomic E-state index is 14.5. The summed E-state index contributed by atoms with van der Waals surface area (Å²) in [6, 6.07) is 7.34. The monoisotopic (exact) mass is 712 g/mol. The van der Waals surface area contributed by atoms with Gasteiger partial charge in [0.15, 0.2) is 11.9 Å². The van der Waals surface area contributed by atoms with E-state index in [2.05, 4.69) is 15.2 Å². The third kappa shape index (κ3) is 11.4. The Morgan fingerprint density at radius 3 is 2.38 bits per heavy atom. The van der Waals surface area contributed by atoms with Gasteiger partial charge in [-0.2, -0.15) is 0 Å². The predicted molar refractivity (Wildman–Crippen MR) is 194 cm³/mol. The number of ketones is 1. The van der Waals surface area contributed by atoms with Gasteiger partial charge in [-0.15, -0.1) is 11.3 Å². The lowest BCUT2D eigenvalue weighted by Crippen LogP contribution is -2.50. The molecule has 2 heterocycles. The molecule has 2 unspecified atom stereocenters. The molecule has 2 aromatic rings. The lowest BCUT2D eigenvalue weighted by molar-refractivity contribution is -0.150. The number of benzene rings is 1. The number of piperidine rings is 1. The largest absolute Gasteiger partial charge is 0.480 e. The van der Waals surface area contributed by atoms with Crippen LogP contribution in [0.1, 0.15) is 114 Å². The number of nitrogens with zero attached hydrogens (tertiary/aromatic N) is 3.